The van der Waals surface area contributed by atoms with Crippen molar-refractivity contribution in [3.63, 3.8) is 0 Å². The molecule has 1 rings (SSSR count). The first-order chi connectivity index (χ1) is 7.04. The Hall–Kier alpha value is -1.81. The molecule has 0 radical (unpaired) electrons. The second-order valence-electron chi connectivity index (χ2n) is 2.58. The molecule has 0 heterocycles. The molecule has 15 heavy (non-hydrogen) atoms. The minimum Gasteiger partial charge on any atom is -0.478 e. The fraction of sp³-hybridized carbons (Fsp3) is 0. The number of carboxylic acid groups (broad SMARTS) is 1. The van der Waals surface area contributed by atoms with Gasteiger partial charge in [-0.25, -0.2) is 9.59 Å². The monoisotopic (exact) mass is 226 g/mol. The van der Waals surface area contributed by atoms with Gasteiger partial charge in [0.1, 0.15) is 5.75 Å². The van der Waals surface area contributed by atoms with Gasteiger partial charge in [-0.15, -0.1) is 0 Å². The number of hydrogen-bond acceptors (Lipinski definition) is 3. The van der Waals surface area contributed by atoms with Gasteiger partial charge in [0, 0.05) is 6.08 Å². The average Bonchev–Trinajstić information content (AvgIpc) is 2.20. The van der Waals surface area contributed by atoms with Crippen molar-refractivity contribution in [2.75, 3.05) is 0 Å². The Morgan fingerprint density at radius 1 is 1.47 bits per heavy atom. The van der Waals surface area contributed by atoms with E-state index >= 15 is 0 Å². The molecule has 0 aliphatic heterocycles. The maximum Gasteiger partial charge on any atom is 0.335 e. The molecule has 4 nitrogen and oxygen atoms in total. The number of benzene rings is 1. The molecule has 0 aliphatic rings. The van der Waals surface area contributed by atoms with Crippen molar-refractivity contribution in [1.82, 2.24) is 0 Å². The molecule has 0 fully saturated rings. The molecule has 0 aliphatic carbocycles. The molecule has 0 aromatic heterocycles. The molecular weight excluding hydrogens is 220 g/mol. The Kier molecular flexibility index (Phi) is 3.46. The van der Waals surface area contributed by atoms with E-state index in [1.807, 2.05) is 0 Å². The molecule has 0 spiro atoms. The van der Waals surface area contributed by atoms with Crippen molar-refractivity contribution < 1.29 is 19.4 Å². The van der Waals surface area contributed by atoms with Gasteiger partial charge in [-0.2, -0.15) is 0 Å². The van der Waals surface area contributed by atoms with Crippen LogP contribution in [0, 0.1) is 0 Å². The molecular formula is C10H7ClO4. The van der Waals surface area contributed by atoms with E-state index in [1.165, 1.54) is 18.2 Å². The lowest BCUT2D eigenvalue weighted by molar-refractivity contribution is -0.128. The largest absolute Gasteiger partial charge is 0.478 e. The van der Waals surface area contributed by atoms with Crippen LogP contribution in [-0.4, -0.2) is 17.0 Å². The molecule has 78 valence electrons. The van der Waals surface area contributed by atoms with Gasteiger partial charge in [-0.3, -0.25) is 0 Å². The maximum absolute atomic E-state index is 10.8. The average molecular weight is 227 g/mol. The van der Waals surface area contributed by atoms with Gasteiger partial charge < -0.3 is 9.84 Å². The van der Waals surface area contributed by atoms with E-state index in [0.29, 0.717) is 0 Å². The molecule has 0 atom stereocenters. The molecule has 0 unspecified atom stereocenters. The molecule has 0 saturated carbocycles. The van der Waals surface area contributed by atoms with Gasteiger partial charge in [0.15, 0.2) is 0 Å². The van der Waals surface area contributed by atoms with Crippen molar-refractivity contribution in [2.45, 2.75) is 0 Å². The standard InChI is InChI=1S/C10H7ClO4/c1-2-9(12)15-8-4-3-6(10(13)14)5-7(8)11/h2-5H,1H2,(H,13,14). The zero-order chi connectivity index (χ0) is 11.4. The predicted molar refractivity (Wildman–Crippen MR) is 54.2 cm³/mol. The van der Waals surface area contributed by atoms with Gasteiger partial charge >= 0.3 is 11.9 Å². The van der Waals surface area contributed by atoms with E-state index < -0.39 is 11.9 Å². The lowest BCUT2D eigenvalue weighted by atomic mass is 10.2. The molecule has 1 aromatic carbocycles. The highest BCUT2D eigenvalue weighted by molar-refractivity contribution is 6.32. The quantitative estimate of drug-likeness (QED) is 0.487. The summed E-state index contributed by atoms with van der Waals surface area (Å²) in [4.78, 5) is 21.4. The minimum absolute atomic E-state index is 0.0263. The highest BCUT2D eigenvalue weighted by Gasteiger charge is 2.09. The Bertz CT molecular complexity index is 425. The number of halogens is 1. The Labute approximate surface area is 90.7 Å². The van der Waals surface area contributed by atoms with E-state index in [2.05, 4.69) is 6.58 Å². The molecule has 1 aromatic rings. The highest BCUT2D eigenvalue weighted by Crippen LogP contribution is 2.25. The molecule has 0 amide bonds. The summed E-state index contributed by atoms with van der Waals surface area (Å²) >= 11 is 5.70. The first-order valence-electron chi connectivity index (χ1n) is 3.91. The molecule has 1 N–H and O–H groups in total. The van der Waals surface area contributed by atoms with Crippen LogP contribution in [0.2, 0.25) is 5.02 Å². The highest BCUT2D eigenvalue weighted by atomic mass is 35.5. The van der Waals surface area contributed by atoms with Crippen LogP contribution in [0.5, 0.6) is 5.75 Å². The Morgan fingerprint density at radius 3 is 2.60 bits per heavy atom. The van der Waals surface area contributed by atoms with Crippen molar-refractivity contribution >= 4 is 23.5 Å². The number of carbonyl (C=O) groups excluding carboxylic acids is 1. The lowest BCUT2D eigenvalue weighted by Crippen LogP contribution is -2.04. The maximum atomic E-state index is 10.8. The third-order valence-electron chi connectivity index (χ3n) is 1.56. The van der Waals surface area contributed by atoms with Gasteiger partial charge in [-0.05, 0) is 18.2 Å². The van der Waals surface area contributed by atoms with E-state index in [9.17, 15) is 9.59 Å². The van der Waals surface area contributed by atoms with Crippen LogP contribution in [0.25, 0.3) is 0 Å². The predicted octanol–water partition coefficient (Wildman–Crippen LogP) is 2.13. The van der Waals surface area contributed by atoms with Crippen molar-refractivity contribution in [1.29, 1.82) is 0 Å². The second kappa shape index (κ2) is 4.61. The second-order valence-corrected chi connectivity index (χ2v) is 2.98. The summed E-state index contributed by atoms with van der Waals surface area (Å²) in [6.45, 7) is 3.22. The van der Waals surface area contributed by atoms with Crippen LogP contribution in [0.15, 0.2) is 30.9 Å². The first kappa shape index (κ1) is 11.3. The molecule has 0 saturated heterocycles. The summed E-state index contributed by atoms with van der Waals surface area (Å²) in [5.41, 5.74) is 0.0263. The van der Waals surface area contributed by atoms with Crippen LogP contribution in [0.3, 0.4) is 0 Å². The fourth-order valence-electron chi connectivity index (χ4n) is 0.867. The summed E-state index contributed by atoms with van der Waals surface area (Å²) in [7, 11) is 0. The normalized spacial score (nSPS) is 9.40. The molecule has 0 bridgehead atoms. The van der Waals surface area contributed by atoms with Gasteiger partial charge in [0.05, 0.1) is 10.6 Å². The minimum atomic E-state index is -1.10. The number of aromatic carboxylic acids is 1. The smallest absolute Gasteiger partial charge is 0.335 e. The summed E-state index contributed by atoms with van der Waals surface area (Å²) in [6, 6.07) is 3.81. The summed E-state index contributed by atoms with van der Waals surface area (Å²) in [6.07, 6.45) is 0.988. The number of rotatable bonds is 3. The Morgan fingerprint density at radius 2 is 2.13 bits per heavy atom. The first-order valence-corrected chi connectivity index (χ1v) is 4.29. The van der Waals surface area contributed by atoms with E-state index in [0.717, 1.165) is 6.08 Å². The zero-order valence-corrected chi connectivity index (χ0v) is 8.32. The van der Waals surface area contributed by atoms with E-state index in [-0.39, 0.29) is 16.3 Å². The third-order valence-corrected chi connectivity index (χ3v) is 1.85. The zero-order valence-electron chi connectivity index (χ0n) is 7.57. The topological polar surface area (TPSA) is 63.6 Å². The van der Waals surface area contributed by atoms with Crippen molar-refractivity contribution in [2.24, 2.45) is 0 Å². The van der Waals surface area contributed by atoms with Gasteiger partial charge in [0.25, 0.3) is 0 Å². The van der Waals surface area contributed by atoms with Crippen LogP contribution < -0.4 is 4.74 Å². The summed E-state index contributed by atoms with van der Waals surface area (Å²) in [5.74, 6) is -1.65. The third kappa shape index (κ3) is 2.82. The number of hydrogen-bond donors (Lipinski definition) is 1. The van der Waals surface area contributed by atoms with Gasteiger partial charge in [-0.1, -0.05) is 18.2 Å². The number of esters is 1. The van der Waals surface area contributed by atoms with Gasteiger partial charge in [0.2, 0.25) is 0 Å². The Balaban J connectivity index is 2.98. The molecule has 5 heteroatoms. The number of carboxylic acids is 1. The summed E-state index contributed by atoms with van der Waals surface area (Å²) in [5, 5.41) is 8.71. The number of carbonyl (C=O) groups is 2. The van der Waals surface area contributed by atoms with Crippen LogP contribution in [0.1, 0.15) is 10.4 Å². The fourth-order valence-corrected chi connectivity index (χ4v) is 1.09. The lowest BCUT2D eigenvalue weighted by Gasteiger charge is -2.04. The number of ether oxygens (including phenoxy) is 1. The van der Waals surface area contributed by atoms with Crippen LogP contribution in [0.4, 0.5) is 0 Å². The summed E-state index contributed by atoms with van der Waals surface area (Å²) < 4.78 is 4.75. The van der Waals surface area contributed by atoms with Crippen molar-refractivity contribution in [3.8, 4) is 5.75 Å². The van der Waals surface area contributed by atoms with Crippen LogP contribution in [-0.2, 0) is 4.79 Å². The SMILES string of the molecule is C=CC(=O)Oc1ccc(C(=O)O)cc1Cl. The van der Waals surface area contributed by atoms with E-state index in [1.54, 1.807) is 0 Å². The van der Waals surface area contributed by atoms with E-state index in [4.69, 9.17) is 21.4 Å². The van der Waals surface area contributed by atoms with Crippen molar-refractivity contribution in [3.05, 3.63) is 41.4 Å². The van der Waals surface area contributed by atoms with Crippen LogP contribution >= 0.6 is 11.6 Å².